The van der Waals surface area contributed by atoms with E-state index in [1.54, 1.807) is 11.0 Å². The van der Waals surface area contributed by atoms with E-state index in [1.807, 2.05) is 24.3 Å². The van der Waals surface area contributed by atoms with Crippen molar-refractivity contribution in [3.05, 3.63) is 36.9 Å². The van der Waals surface area contributed by atoms with Crippen LogP contribution >= 0.6 is 0 Å². The molecule has 0 aliphatic rings. The average Bonchev–Trinajstić information content (AvgIpc) is 2.91. The van der Waals surface area contributed by atoms with Crippen molar-refractivity contribution >= 4 is 11.6 Å². The van der Waals surface area contributed by atoms with Crippen molar-refractivity contribution in [2.75, 3.05) is 5.32 Å². The van der Waals surface area contributed by atoms with E-state index < -0.39 is 0 Å². The molecule has 0 saturated carbocycles. The van der Waals surface area contributed by atoms with Crippen LogP contribution < -0.4 is 5.32 Å². The van der Waals surface area contributed by atoms with Gasteiger partial charge in [-0.1, -0.05) is 13.3 Å². The molecule has 0 saturated heterocycles. The zero-order valence-corrected chi connectivity index (χ0v) is 10.3. The van der Waals surface area contributed by atoms with E-state index in [-0.39, 0.29) is 5.91 Å². The zero-order valence-electron chi connectivity index (χ0n) is 10.3. The van der Waals surface area contributed by atoms with Crippen LogP contribution in [0.5, 0.6) is 0 Å². The molecule has 0 spiro atoms. The SMILES string of the molecule is CCCCC(=O)Nc1ccc(-n2cncn2)cc1. The Bertz CT molecular complexity index is 490. The van der Waals surface area contributed by atoms with E-state index >= 15 is 0 Å². The molecule has 94 valence electrons. The minimum atomic E-state index is 0.0605. The van der Waals surface area contributed by atoms with Gasteiger partial charge < -0.3 is 5.32 Å². The number of carbonyl (C=O) groups excluding carboxylic acids is 1. The largest absolute Gasteiger partial charge is 0.326 e. The van der Waals surface area contributed by atoms with Gasteiger partial charge in [-0.3, -0.25) is 4.79 Å². The molecule has 2 rings (SSSR count). The number of amides is 1. The molecule has 18 heavy (non-hydrogen) atoms. The summed E-state index contributed by atoms with van der Waals surface area (Å²) in [6.07, 6.45) is 5.64. The molecule has 1 heterocycles. The van der Waals surface area contributed by atoms with E-state index in [2.05, 4.69) is 22.3 Å². The van der Waals surface area contributed by atoms with Gasteiger partial charge in [-0.05, 0) is 30.7 Å². The van der Waals surface area contributed by atoms with Crippen LogP contribution in [-0.4, -0.2) is 20.7 Å². The van der Waals surface area contributed by atoms with Crippen LogP contribution in [-0.2, 0) is 4.79 Å². The summed E-state index contributed by atoms with van der Waals surface area (Å²) in [5.74, 6) is 0.0605. The summed E-state index contributed by atoms with van der Waals surface area (Å²) in [6.45, 7) is 2.07. The molecular weight excluding hydrogens is 228 g/mol. The van der Waals surface area contributed by atoms with Crippen LogP contribution in [0, 0.1) is 0 Å². The number of nitrogens with one attached hydrogen (secondary N) is 1. The standard InChI is InChI=1S/C13H16N4O/c1-2-3-4-13(18)16-11-5-7-12(8-6-11)17-10-14-9-15-17/h5-10H,2-4H2,1H3,(H,16,18). The summed E-state index contributed by atoms with van der Waals surface area (Å²) in [5, 5.41) is 6.90. The van der Waals surface area contributed by atoms with Crippen molar-refractivity contribution < 1.29 is 4.79 Å². The Morgan fingerprint density at radius 3 is 2.72 bits per heavy atom. The second-order valence-corrected chi connectivity index (χ2v) is 4.04. The molecule has 0 aliphatic carbocycles. The molecule has 2 aromatic rings. The van der Waals surface area contributed by atoms with E-state index in [0.717, 1.165) is 24.2 Å². The number of unbranched alkanes of at least 4 members (excludes halogenated alkanes) is 1. The van der Waals surface area contributed by atoms with Crippen LogP contribution in [0.4, 0.5) is 5.69 Å². The van der Waals surface area contributed by atoms with Crippen molar-refractivity contribution in [1.29, 1.82) is 0 Å². The predicted octanol–water partition coefficient (Wildman–Crippen LogP) is 2.40. The third-order valence-electron chi connectivity index (χ3n) is 2.59. The molecular formula is C13H16N4O. The van der Waals surface area contributed by atoms with E-state index in [4.69, 9.17) is 0 Å². The maximum Gasteiger partial charge on any atom is 0.224 e. The number of rotatable bonds is 5. The molecule has 1 aromatic heterocycles. The summed E-state index contributed by atoms with van der Waals surface area (Å²) in [7, 11) is 0. The molecule has 5 heteroatoms. The van der Waals surface area contributed by atoms with Gasteiger partial charge >= 0.3 is 0 Å². The third-order valence-corrected chi connectivity index (χ3v) is 2.59. The van der Waals surface area contributed by atoms with E-state index in [1.165, 1.54) is 6.33 Å². The zero-order chi connectivity index (χ0) is 12.8. The summed E-state index contributed by atoms with van der Waals surface area (Å²) in [4.78, 5) is 15.4. The molecule has 0 fully saturated rings. The van der Waals surface area contributed by atoms with E-state index in [9.17, 15) is 4.79 Å². The molecule has 1 amide bonds. The smallest absolute Gasteiger partial charge is 0.224 e. The number of benzene rings is 1. The molecule has 0 radical (unpaired) electrons. The summed E-state index contributed by atoms with van der Waals surface area (Å²) < 4.78 is 1.67. The predicted molar refractivity (Wildman–Crippen MR) is 69.5 cm³/mol. The highest BCUT2D eigenvalue weighted by Gasteiger charge is 2.02. The van der Waals surface area contributed by atoms with Crippen LogP contribution in [0.1, 0.15) is 26.2 Å². The fraction of sp³-hybridized carbons (Fsp3) is 0.308. The van der Waals surface area contributed by atoms with Gasteiger partial charge in [0.2, 0.25) is 5.91 Å². The van der Waals surface area contributed by atoms with Crippen molar-refractivity contribution in [3.63, 3.8) is 0 Å². The maximum atomic E-state index is 11.5. The van der Waals surface area contributed by atoms with Crippen molar-refractivity contribution in [1.82, 2.24) is 14.8 Å². The lowest BCUT2D eigenvalue weighted by Crippen LogP contribution is -2.10. The second kappa shape index (κ2) is 5.95. The highest BCUT2D eigenvalue weighted by atomic mass is 16.1. The van der Waals surface area contributed by atoms with E-state index in [0.29, 0.717) is 6.42 Å². The van der Waals surface area contributed by atoms with Crippen LogP contribution in [0.15, 0.2) is 36.9 Å². The summed E-state index contributed by atoms with van der Waals surface area (Å²) in [5.41, 5.74) is 1.72. The van der Waals surface area contributed by atoms with Gasteiger partial charge in [0.15, 0.2) is 0 Å². The molecule has 5 nitrogen and oxygen atoms in total. The number of hydrogen-bond acceptors (Lipinski definition) is 3. The van der Waals surface area contributed by atoms with Crippen LogP contribution in [0.25, 0.3) is 5.69 Å². The first-order valence-corrected chi connectivity index (χ1v) is 6.04. The second-order valence-electron chi connectivity index (χ2n) is 4.04. The maximum absolute atomic E-state index is 11.5. The molecule has 1 N–H and O–H groups in total. The fourth-order valence-corrected chi connectivity index (χ4v) is 1.60. The minimum Gasteiger partial charge on any atom is -0.326 e. The lowest BCUT2D eigenvalue weighted by Gasteiger charge is -2.06. The monoisotopic (exact) mass is 244 g/mol. The Balaban J connectivity index is 1.98. The summed E-state index contributed by atoms with van der Waals surface area (Å²) in [6, 6.07) is 7.51. The lowest BCUT2D eigenvalue weighted by molar-refractivity contribution is -0.116. The van der Waals surface area contributed by atoms with Gasteiger partial charge in [0.25, 0.3) is 0 Å². The number of hydrogen-bond donors (Lipinski definition) is 1. The van der Waals surface area contributed by atoms with Gasteiger partial charge in [0.05, 0.1) is 5.69 Å². The topological polar surface area (TPSA) is 59.8 Å². The Morgan fingerprint density at radius 2 is 2.11 bits per heavy atom. The van der Waals surface area contributed by atoms with Gasteiger partial charge in [-0.2, -0.15) is 5.10 Å². The Kier molecular flexibility index (Phi) is 4.06. The molecule has 1 aromatic carbocycles. The lowest BCUT2D eigenvalue weighted by atomic mass is 10.2. The highest BCUT2D eigenvalue weighted by molar-refractivity contribution is 5.90. The Labute approximate surface area is 106 Å². The first kappa shape index (κ1) is 12.3. The molecule has 0 bridgehead atoms. The Hall–Kier alpha value is -2.17. The fourth-order valence-electron chi connectivity index (χ4n) is 1.60. The number of aromatic nitrogens is 3. The van der Waals surface area contributed by atoms with Crippen molar-refractivity contribution in [2.24, 2.45) is 0 Å². The highest BCUT2D eigenvalue weighted by Crippen LogP contribution is 2.12. The van der Waals surface area contributed by atoms with Gasteiger partial charge in [0.1, 0.15) is 12.7 Å². The molecule has 0 aliphatic heterocycles. The number of carbonyl (C=O) groups is 1. The van der Waals surface area contributed by atoms with Gasteiger partial charge in [-0.25, -0.2) is 9.67 Å². The van der Waals surface area contributed by atoms with Crippen LogP contribution in [0.3, 0.4) is 0 Å². The van der Waals surface area contributed by atoms with Crippen molar-refractivity contribution in [3.8, 4) is 5.69 Å². The quantitative estimate of drug-likeness (QED) is 0.878. The Morgan fingerprint density at radius 1 is 1.33 bits per heavy atom. The normalized spacial score (nSPS) is 10.3. The minimum absolute atomic E-state index is 0.0605. The number of anilines is 1. The first-order valence-electron chi connectivity index (χ1n) is 6.04. The van der Waals surface area contributed by atoms with Gasteiger partial charge in [-0.15, -0.1) is 0 Å². The molecule has 0 unspecified atom stereocenters. The summed E-state index contributed by atoms with van der Waals surface area (Å²) >= 11 is 0. The van der Waals surface area contributed by atoms with Crippen molar-refractivity contribution in [2.45, 2.75) is 26.2 Å². The third kappa shape index (κ3) is 3.16. The van der Waals surface area contributed by atoms with Gasteiger partial charge in [0, 0.05) is 12.1 Å². The van der Waals surface area contributed by atoms with Crippen LogP contribution in [0.2, 0.25) is 0 Å². The average molecular weight is 244 g/mol. The number of nitrogens with zero attached hydrogens (tertiary/aromatic N) is 3. The first-order chi connectivity index (χ1) is 8.79. The molecule has 0 atom stereocenters.